The number of ether oxygens (including phenoxy) is 1. The van der Waals surface area contributed by atoms with E-state index in [1.165, 1.54) is 6.07 Å². The van der Waals surface area contributed by atoms with Gasteiger partial charge in [0.25, 0.3) is 0 Å². The van der Waals surface area contributed by atoms with Crippen LogP contribution in [0.1, 0.15) is 65.9 Å². The zero-order valence-electron chi connectivity index (χ0n) is 18.0. The summed E-state index contributed by atoms with van der Waals surface area (Å²) < 4.78 is 71.6. The number of hydrogen-bond donors (Lipinski definition) is 0. The number of carbonyl (C=O) groups is 1. The quantitative estimate of drug-likeness (QED) is 0.201. The fourth-order valence-electron chi connectivity index (χ4n) is 5.36. The lowest BCUT2D eigenvalue weighted by molar-refractivity contribution is -0.140. The van der Waals surface area contributed by atoms with Crippen LogP contribution in [0.4, 0.5) is 22.0 Å². The number of allylic oxidation sites excluding steroid dienone is 1. The van der Waals surface area contributed by atoms with Gasteiger partial charge in [-0.05, 0) is 92.0 Å². The predicted octanol–water partition coefficient (Wildman–Crippen LogP) is 7.69. The third-order valence-electron chi connectivity index (χ3n) is 7.12. The minimum atomic E-state index is -4.85. The summed E-state index contributed by atoms with van der Waals surface area (Å²) in [6.45, 7) is 3.91. The number of carbonyl (C=O) groups excluding carboxylic acids is 1. The average Bonchev–Trinajstić information content (AvgIpc) is 2.77. The summed E-state index contributed by atoms with van der Waals surface area (Å²) in [4.78, 5) is 12.4. The summed E-state index contributed by atoms with van der Waals surface area (Å²) in [5.74, 6) is -1.53. The molecule has 0 bridgehead atoms. The monoisotopic (exact) mass is 464 g/mol. The minimum Gasteiger partial charge on any atom is -0.423 e. The molecule has 0 radical (unpaired) electrons. The summed E-state index contributed by atoms with van der Waals surface area (Å²) >= 11 is 0. The van der Waals surface area contributed by atoms with Crippen LogP contribution < -0.4 is 4.74 Å². The van der Waals surface area contributed by atoms with Crippen LogP contribution in [0.25, 0.3) is 0 Å². The fourth-order valence-corrected chi connectivity index (χ4v) is 5.36. The van der Waals surface area contributed by atoms with Crippen LogP contribution in [0, 0.1) is 29.4 Å². The first-order valence-electron chi connectivity index (χ1n) is 11.2. The van der Waals surface area contributed by atoms with E-state index in [0.29, 0.717) is 35.4 Å². The highest BCUT2D eigenvalue weighted by atomic mass is 19.4. The van der Waals surface area contributed by atoms with Gasteiger partial charge in [0.2, 0.25) is 0 Å². The van der Waals surface area contributed by atoms with Crippen molar-refractivity contribution in [3.8, 4) is 5.75 Å². The van der Waals surface area contributed by atoms with Gasteiger partial charge in [0.15, 0.2) is 0 Å². The average molecular weight is 464 g/mol. The topological polar surface area (TPSA) is 26.3 Å². The molecule has 2 aromatic rings. The van der Waals surface area contributed by atoms with E-state index in [9.17, 15) is 26.7 Å². The van der Waals surface area contributed by atoms with E-state index < -0.39 is 29.3 Å². The number of halogens is 5. The smallest absolute Gasteiger partial charge is 0.419 e. The van der Waals surface area contributed by atoms with Gasteiger partial charge in [0, 0.05) is 6.07 Å². The van der Waals surface area contributed by atoms with Gasteiger partial charge in [0.1, 0.15) is 17.4 Å². The Morgan fingerprint density at radius 1 is 0.939 bits per heavy atom. The van der Waals surface area contributed by atoms with Crippen molar-refractivity contribution < 1.29 is 31.5 Å². The molecule has 2 aromatic carbocycles. The molecule has 0 aromatic heterocycles. The van der Waals surface area contributed by atoms with E-state index in [4.69, 9.17) is 4.74 Å². The Morgan fingerprint density at radius 3 is 2.33 bits per heavy atom. The first-order valence-corrected chi connectivity index (χ1v) is 11.2. The molecule has 4 rings (SSSR count). The van der Waals surface area contributed by atoms with Gasteiger partial charge in [-0.3, -0.25) is 0 Å². The van der Waals surface area contributed by atoms with Crippen LogP contribution in [0.15, 0.2) is 49.1 Å². The van der Waals surface area contributed by atoms with Gasteiger partial charge in [-0.25, -0.2) is 13.6 Å². The van der Waals surface area contributed by atoms with Crippen LogP contribution >= 0.6 is 0 Å². The molecule has 0 amide bonds. The van der Waals surface area contributed by atoms with E-state index in [-0.39, 0.29) is 17.2 Å². The maximum absolute atomic E-state index is 14.9. The molecule has 4 atom stereocenters. The Balaban J connectivity index is 1.43. The van der Waals surface area contributed by atoms with Crippen molar-refractivity contribution >= 4 is 5.97 Å². The molecule has 4 unspecified atom stereocenters. The Bertz CT molecular complexity index is 1050. The molecular formula is C26H25F5O2. The molecule has 2 aliphatic carbocycles. The zero-order chi connectivity index (χ0) is 23.8. The second-order valence-corrected chi connectivity index (χ2v) is 9.10. The molecule has 176 valence electrons. The third kappa shape index (κ3) is 5.12. The molecule has 0 heterocycles. The van der Waals surface area contributed by atoms with E-state index in [0.717, 1.165) is 50.7 Å². The highest BCUT2D eigenvalue weighted by Crippen LogP contribution is 2.48. The van der Waals surface area contributed by atoms with Gasteiger partial charge in [0.05, 0.1) is 11.1 Å². The molecule has 2 saturated carbocycles. The molecule has 0 saturated heterocycles. The van der Waals surface area contributed by atoms with E-state index in [1.54, 1.807) is 6.07 Å². The lowest BCUT2D eigenvalue weighted by Crippen LogP contribution is -2.30. The van der Waals surface area contributed by atoms with Gasteiger partial charge in [-0.1, -0.05) is 12.1 Å². The van der Waals surface area contributed by atoms with Crippen LogP contribution in [0.2, 0.25) is 0 Å². The second kappa shape index (κ2) is 9.27. The minimum absolute atomic E-state index is 0.0839. The Labute approximate surface area is 189 Å². The highest BCUT2D eigenvalue weighted by molar-refractivity contribution is 5.91. The predicted molar refractivity (Wildman–Crippen MR) is 114 cm³/mol. The maximum atomic E-state index is 14.9. The van der Waals surface area contributed by atoms with Crippen molar-refractivity contribution in [2.75, 3.05) is 0 Å². The van der Waals surface area contributed by atoms with Gasteiger partial charge in [-0.15, -0.1) is 6.58 Å². The Kier molecular flexibility index (Phi) is 6.59. The second-order valence-electron chi connectivity index (χ2n) is 9.10. The molecule has 0 aliphatic heterocycles. The molecular weight excluding hydrogens is 439 g/mol. The first-order chi connectivity index (χ1) is 15.7. The molecule has 0 N–H and O–H groups in total. The van der Waals surface area contributed by atoms with E-state index in [2.05, 4.69) is 6.58 Å². The Hall–Kier alpha value is -2.70. The number of fused-ring (bicyclic) bond motifs is 1. The zero-order valence-corrected chi connectivity index (χ0v) is 18.0. The molecule has 2 nitrogen and oxygen atoms in total. The summed E-state index contributed by atoms with van der Waals surface area (Å²) in [7, 11) is 0. The highest BCUT2D eigenvalue weighted by Gasteiger charge is 2.36. The van der Waals surface area contributed by atoms with Gasteiger partial charge < -0.3 is 4.74 Å². The van der Waals surface area contributed by atoms with Crippen molar-refractivity contribution in [2.24, 2.45) is 17.8 Å². The van der Waals surface area contributed by atoms with Crippen LogP contribution in [-0.4, -0.2) is 5.97 Å². The standard InChI is InChI=1S/C26H25F5O2/c1-2-15-3-4-17-12-18(6-5-16(17)11-15)21-9-7-19(13-23(21)27)25(32)33-20-8-10-22(24(28)14-20)26(29,30)31/h2,7-10,13-18H,1,3-6,11-12H2. The van der Waals surface area contributed by atoms with Gasteiger partial charge >= 0.3 is 12.1 Å². The van der Waals surface area contributed by atoms with E-state index >= 15 is 0 Å². The van der Waals surface area contributed by atoms with Crippen LogP contribution in [-0.2, 0) is 6.18 Å². The largest absolute Gasteiger partial charge is 0.423 e. The van der Waals surface area contributed by atoms with Crippen molar-refractivity contribution in [1.82, 2.24) is 0 Å². The Morgan fingerprint density at radius 2 is 1.67 bits per heavy atom. The molecule has 33 heavy (non-hydrogen) atoms. The number of hydrogen-bond acceptors (Lipinski definition) is 2. The van der Waals surface area contributed by atoms with Crippen LogP contribution in [0.3, 0.4) is 0 Å². The first kappa shape index (κ1) is 23.5. The molecule has 7 heteroatoms. The number of benzene rings is 2. The number of esters is 1. The summed E-state index contributed by atoms with van der Waals surface area (Å²) in [5, 5.41) is 0. The molecule has 0 spiro atoms. The summed E-state index contributed by atoms with van der Waals surface area (Å²) in [6, 6.07) is 5.96. The van der Waals surface area contributed by atoms with Crippen molar-refractivity contribution in [2.45, 2.75) is 50.6 Å². The maximum Gasteiger partial charge on any atom is 0.419 e. The SMILES string of the molecule is C=CC1CCC2CC(c3ccc(C(=O)Oc4ccc(C(F)(F)F)c(F)c4)cc3F)CCC2C1. The normalized spacial score (nSPS) is 25.2. The van der Waals surface area contributed by atoms with Crippen molar-refractivity contribution in [3.05, 3.63) is 77.4 Å². The number of rotatable bonds is 4. The van der Waals surface area contributed by atoms with Crippen molar-refractivity contribution in [1.29, 1.82) is 0 Å². The summed E-state index contributed by atoms with van der Waals surface area (Å²) in [6.07, 6.45) is 3.43. The number of alkyl halides is 3. The van der Waals surface area contributed by atoms with Crippen LogP contribution in [0.5, 0.6) is 5.75 Å². The lowest BCUT2D eigenvalue weighted by atomic mass is 9.64. The summed E-state index contributed by atoms with van der Waals surface area (Å²) in [5.41, 5.74) is -0.974. The molecule has 2 fully saturated rings. The van der Waals surface area contributed by atoms with E-state index in [1.807, 2.05) is 6.08 Å². The van der Waals surface area contributed by atoms with Crippen molar-refractivity contribution in [3.63, 3.8) is 0 Å². The fraction of sp³-hybridized carbons (Fsp3) is 0.423. The third-order valence-corrected chi connectivity index (χ3v) is 7.12. The van der Waals surface area contributed by atoms with Gasteiger partial charge in [-0.2, -0.15) is 13.2 Å². The lowest BCUT2D eigenvalue weighted by Gasteiger charge is -2.41. The molecule has 2 aliphatic rings.